The molecule has 4 heteroatoms. The lowest BCUT2D eigenvalue weighted by atomic mass is 10.6. The summed E-state index contributed by atoms with van der Waals surface area (Å²) in [7, 11) is 0. The van der Waals surface area contributed by atoms with Gasteiger partial charge in [-0.15, -0.1) is 0 Å². The van der Waals surface area contributed by atoms with E-state index in [1.807, 2.05) is 6.07 Å². The van der Waals surface area contributed by atoms with Crippen LogP contribution < -0.4 is 0 Å². The van der Waals surface area contributed by atoms with Gasteiger partial charge in [0.25, 0.3) is 0 Å². The van der Waals surface area contributed by atoms with Crippen LogP contribution in [0.2, 0.25) is 0 Å². The van der Waals surface area contributed by atoms with E-state index in [0.717, 1.165) is 5.69 Å². The second-order valence-corrected chi connectivity index (χ2v) is 2.49. The number of nitrogens with one attached hydrogen (secondary N) is 1. The lowest BCUT2D eigenvalue weighted by molar-refractivity contribution is 1.40. The maximum Gasteiger partial charge on any atom is 0.117 e. The molecule has 0 fully saturated rings. The highest BCUT2D eigenvalue weighted by molar-refractivity contribution is 6.65. The number of rotatable bonds is 2. The van der Waals surface area contributed by atoms with Crippen LogP contribution in [0.25, 0.3) is 0 Å². The number of nitrogens with zero attached hydrogens (tertiary/aromatic N) is 2. The first-order chi connectivity index (χ1) is 5.29. The number of H-pyrrole nitrogens is 1. The average Bonchev–Trinajstić information content (AvgIpc) is 2.39. The topological polar surface area (TPSA) is 40.5 Å². The van der Waals surface area contributed by atoms with Gasteiger partial charge in [0.15, 0.2) is 0 Å². The average molecular weight is 170 g/mol. The van der Waals surface area contributed by atoms with Crippen LogP contribution in [0, 0.1) is 0 Å². The molecule has 11 heavy (non-hydrogen) atoms. The Hall–Kier alpha value is -1.09. The molecule has 0 aliphatic heterocycles. The summed E-state index contributed by atoms with van der Waals surface area (Å²) in [4.78, 5) is 10.6. The van der Waals surface area contributed by atoms with Gasteiger partial charge in [0, 0.05) is 12.4 Å². The summed E-state index contributed by atoms with van der Waals surface area (Å²) < 4.78 is 0. The van der Waals surface area contributed by atoms with E-state index in [1.165, 1.54) is 6.34 Å². The minimum Gasteiger partial charge on any atom is -0.366 e. The molecule has 0 spiro atoms. The quantitative estimate of drug-likeness (QED) is 0.522. The Balaban J connectivity index is 2.56. The molecular weight excluding hydrogens is 162 g/mol. The second kappa shape index (κ2) is 3.93. The van der Waals surface area contributed by atoms with Gasteiger partial charge in [0.2, 0.25) is 0 Å². The Morgan fingerprint density at radius 2 is 2.55 bits per heavy atom. The maximum absolute atomic E-state index is 5.47. The Morgan fingerprint density at radius 3 is 3.09 bits per heavy atom. The number of aromatic amines is 1. The molecule has 0 aliphatic carbocycles. The van der Waals surface area contributed by atoms with E-state index >= 15 is 0 Å². The van der Waals surface area contributed by atoms with E-state index in [0.29, 0.717) is 5.17 Å². The van der Waals surface area contributed by atoms with Crippen molar-refractivity contribution >= 4 is 28.8 Å². The number of aromatic nitrogens is 1. The lowest BCUT2D eigenvalue weighted by Crippen LogP contribution is -1.74. The van der Waals surface area contributed by atoms with Crippen molar-refractivity contribution < 1.29 is 0 Å². The van der Waals surface area contributed by atoms with Crippen molar-refractivity contribution in [3.05, 3.63) is 18.5 Å². The van der Waals surface area contributed by atoms with Crippen LogP contribution in [0.1, 0.15) is 6.92 Å². The van der Waals surface area contributed by atoms with Crippen LogP contribution in [0.5, 0.6) is 0 Å². The van der Waals surface area contributed by atoms with Crippen LogP contribution >= 0.6 is 11.6 Å². The smallest absolute Gasteiger partial charge is 0.117 e. The van der Waals surface area contributed by atoms with E-state index in [9.17, 15) is 0 Å². The number of hydrogen-bond donors (Lipinski definition) is 1. The van der Waals surface area contributed by atoms with Crippen LogP contribution in [0.4, 0.5) is 5.69 Å². The largest absolute Gasteiger partial charge is 0.366 e. The third-order valence-electron chi connectivity index (χ3n) is 1.02. The zero-order valence-electron chi connectivity index (χ0n) is 6.08. The van der Waals surface area contributed by atoms with E-state index < -0.39 is 0 Å². The van der Waals surface area contributed by atoms with E-state index in [2.05, 4.69) is 15.0 Å². The fourth-order valence-corrected chi connectivity index (χ4v) is 0.614. The summed E-state index contributed by atoms with van der Waals surface area (Å²) in [5, 5.41) is 0.476. The van der Waals surface area contributed by atoms with Crippen molar-refractivity contribution in [3.8, 4) is 0 Å². The summed E-state index contributed by atoms with van der Waals surface area (Å²) in [6.07, 6.45) is 4.99. The second-order valence-electron chi connectivity index (χ2n) is 1.94. The van der Waals surface area contributed by atoms with Crippen molar-refractivity contribution in [2.24, 2.45) is 9.98 Å². The van der Waals surface area contributed by atoms with Crippen molar-refractivity contribution in [2.45, 2.75) is 6.92 Å². The molecule has 0 saturated heterocycles. The first kappa shape index (κ1) is 8.01. The van der Waals surface area contributed by atoms with Crippen LogP contribution in [0.3, 0.4) is 0 Å². The summed E-state index contributed by atoms with van der Waals surface area (Å²) in [6, 6.07) is 1.84. The van der Waals surface area contributed by atoms with Crippen molar-refractivity contribution in [1.82, 2.24) is 4.98 Å². The minimum absolute atomic E-state index is 0.476. The number of hydrogen-bond acceptors (Lipinski definition) is 1. The predicted octanol–water partition coefficient (Wildman–Crippen LogP) is 2.33. The van der Waals surface area contributed by atoms with Crippen LogP contribution in [0.15, 0.2) is 28.4 Å². The standard InChI is InChI=1S/C7H8ClN3/c1-6(8)10-5-11-7-2-3-9-4-7/h2-5,9H,1H3/b10-6+,11-5-. The molecule has 0 saturated carbocycles. The molecule has 0 unspecified atom stereocenters. The molecule has 0 radical (unpaired) electrons. The van der Waals surface area contributed by atoms with Gasteiger partial charge in [0.05, 0.1) is 5.69 Å². The van der Waals surface area contributed by atoms with E-state index in [-0.39, 0.29) is 0 Å². The van der Waals surface area contributed by atoms with Crippen LogP contribution in [-0.2, 0) is 0 Å². The molecule has 1 aromatic heterocycles. The number of aliphatic imine (C=N–C) groups is 2. The van der Waals surface area contributed by atoms with Crippen molar-refractivity contribution in [2.75, 3.05) is 0 Å². The molecule has 0 amide bonds. The summed E-state index contributed by atoms with van der Waals surface area (Å²) >= 11 is 5.47. The normalized spacial score (nSPS) is 12.7. The number of halogens is 1. The maximum atomic E-state index is 5.47. The van der Waals surface area contributed by atoms with Gasteiger partial charge in [-0.3, -0.25) is 0 Å². The molecule has 1 rings (SSSR count). The van der Waals surface area contributed by atoms with Gasteiger partial charge in [-0.25, -0.2) is 9.98 Å². The molecule has 0 aliphatic rings. The van der Waals surface area contributed by atoms with Crippen molar-refractivity contribution in [1.29, 1.82) is 0 Å². The SMILES string of the molecule is C/C(Cl)=N\C=N/c1cc[nH]c1. The highest BCUT2D eigenvalue weighted by Gasteiger charge is 1.82. The summed E-state index contributed by atoms with van der Waals surface area (Å²) in [5.74, 6) is 0. The Kier molecular flexibility index (Phi) is 2.86. The third-order valence-corrected chi connectivity index (χ3v) is 1.12. The predicted molar refractivity (Wildman–Crippen MR) is 47.9 cm³/mol. The third kappa shape index (κ3) is 3.00. The van der Waals surface area contributed by atoms with E-state index in [4.69, 9.17) is 11.6 Å². The molecule has 58 valence electrons. The molecule has 1 aromatic rings. The highest BCUT2D eigenvalue weighted by Crippen LogP contribution is 2.06. The first-order valence-corrected chi connectivity index (χ1v) is 3.52. The van der Waals surface area contributed by atoms with E-state index in [1.54, 1.807) is 19.3 Å². The van der Waals surface area contributed by atoms with Gasteiger partial charge < -0.3 is 4.98 Å². The highest BCUT2D eigenvalue weighted by atomic mass is 35.5. The Bertz CT molecular complexity index is 257. The molecule has 0 atom stereocenters. The van der Waals surface area contributed by atoms with Gasteiger partial charge in [-0.05, 0) is 13.0 Å². The van der Waals surface area contributed by atoms with Gasteiger partial charge in [-0.1, -0.05) is 11.6 Å². The molecular formula is C7H8ClN3. The molecule has 0 bridgehead atoms. The molecule has 1 N–H and O–H groups in total. The fraction of sp³-hybridized carbons (Fsp3) is 0.143. The fourth-order valence-electron chi connectivity index (χ4n) is 0.570. The van der Waals surface area contributed by atoms with Gasteiger partial charge >= 0.3 is 0 Å². The Morgan fingerprint density at radius 1 is 1.73 bits per heavy atom. The Labute approximate surface area is 69.8 Å². The molecule has 3 nitrogen and oxygen atoms in total. The lowest BCUT2D eigenvalue weighted by Gasteiger charge is -1.80. The first-order valence-electron chi connectivity index (χ1n) is 3.14. The zero-order valence-corrected chi connectivity index (χ0v) is 6.84. The van der Waals surface area contributed by atoms with Crippen molar-refractivity contribution in [3.63, 3.8) is 0 Å². The monoisotopic (exact) mass is 169 g/mol. The zero-order chi connectivity index (χ0) is 8.10. The molecule has 1 heterocycles. The van der Waals surface area contributed by atoms with Gasteiger partial charge in [-0.2, -0.15) is 0 Å². The van der Waals surface area contributed by atoms with Crippen LogP contribution in [-0.4, -0.2) is 16.5 Å². The summed E-state index contributed by atoms with van der Waals surface area (Å²) in [5.41, 5.74) is 0.840. The van der Waals surface area contributed by atoms with Gasteiger partial charge in [0.1, 0.15) is 11.5 Å². The minimum atomic E-state index is 0.476. The summed E-state index contributed by atoms with van der Waals surface area (Å²) in [6.45, 7) is 1.70. The molecule has 0 aromatic carbocycles.